The summed E-state index contributed by atoms with van der Waals surface area (Å²) in [5, 5.41) is 11.2. The Hall–Kier alpha value is -3.84. The van der Waals surface area contributed by atoms with E-state index in [1.54, 1.807) is 6.20 Å². The van der Waals surface area contributed by atoms with E-state index in [4.69, 9.17) is 21.1 Å². The number of nitrogens with one attached hydrogen (secondary N) is 2. The van der Waals surface area contributed by atoms with Gasteiger partial charge in [0.05, 0.1) is 12.3 Å². The fraction of sp³-hybridized carbons (Fsp3) is 0.192. The van der Waals surface area contributed by atoms with Crippen molar-refractivity contribution in [3.8, 4) is 28.5 Å². The van der Waals surface area contributed by atoms with E-state index in [1.807, 2.05) is 48.5 Å². The van der Waals surface area contributed by atoms with Gasteiger partial charge in [0.25, 0.3) is 0 Å². The fourth-order valence-corrected chi connectivity index (χ4v) is 4.55. The van der Waals surface area contributed by atoms with Crippen molar-refractivity contribution in [2.45, 2.75) is 25.2 Å². The van der Waals surface area contributed by atoms with Crippen LogP contribution < -0.4 is 14.8 Å². The highest BCUT2D eigenvalue weighted by molar-refractivity contribution is 6.30. The number of H-pyrrole nitrogens is 1. The minimum Gasteiger partial charge on any atom is -0.493 e. The first kappa shape index (κ1) is 20.7. The first-order chi connectivity index (χ1) is 16.6. The number of amides is 1. The standard InChI is InChI=1S/C26H21ClN4O3/c27-18-3-1-15(2-4-18)21-13-22(31-30-21)17-11-16-12-19(5-7-23(16)33-14-17)34-24-9-10-28-26-20(24)6-8-25(32)29-26/h1-5,7,9-10,12-13,17H,6,8,11,14H2,(H,30,31)(H,28,29,32). The SMILES string of the molecule is O=C1CCc2c(Oc3ccc4c(c3)CC(c3cc(-c5ccc(Cl)cc5)n[nH]3)CO4)ccnc2N1. The topological polar surface area (TPSA) is 89.1 Å². The van der Waals surface area contributed by atoms with Gasteiger partial charge in [-0.15, -0.1) is 0 Å². The Bertz CT molecular complexity index is 1380. The van der Waals surface area contributed by atoms with Gasteiger partial charge in [0.1, 0.15) is 23.1 Å². The molecule has 8 heteroatoms. The highest BCUT2D eigenvalue weighted by Gasteiger charge is 2.25. The molecule has 1 amide bonds. The first-order valence-electron chi connectivity index (χ1n) is 11.1. The lowest BCUT2D eigenvalue weighted by atomic mass is 9.93. The summed E-state index contributed by atoms with van der Waals surface area (Å²) in [4.78, 5) is 15.9. The third kappa shape index (κ3) is 3.99. The number of pyridine rings is 1. The molecule has 2 N–H and O–H groups in total. The molecule has 4 aromatic rings. The molecule has 170 valence electrons. The van der Waals surface area contributed by atoms with Crippen LogP contribution >= 0.6 is 11.6 Å². The maximum Gasteiger partial charge on any atom is 0.225 e. The van der Waals surface area contributed by atoms with Gasteiger partial charge in [0.15, 0.2) is 0 Å². The molecule has 4 heterocycles. The molecule has 0 fully saturated rings. The van der Waals surface area contributed by atoms with E-state index in [-0.39, 0.29) is 11.8 Å². The van der Waals surface area contributed by atoms with Crippen LogP contribution in [0.2, 0.25) is 5.02 Å². The molecule has 1 unspecified atom stereocenters. The van der Waals surface area contributed by atoms with Crippen molar-refractivity contribution < 1.29 is 14.3 Å². The Morgan fingerprint density at radius 2 is 1.94 bits per heavy atom. The molecule has 1 atom stereocenters. The molecule has 7 nitrogen and oxygen atoms in total. The number of nitrogens with zero attached hydrogens (tertiary/aromatic N) is 2. The summed E-state index contributed by atoms with van der Waals surface area (Å²) in [5.74, 6) is 3.00. The van der Waals surface area contributed by atoms with Crippen LogP contribution in [-0.2, 0) is 17.6 Å². The molecule has 6 rings (SSSR count). The summed E-state index contributed by atoms with van der Waals surface area (Å²) in [6.45, 7) is 0.576. The Kier molecular flexibility index (Phi) is 5.19. The smallest absolute Gasteiger partial charge is 0.225 e. The van der Waals surface area contributed by atoms with Crippen molar-refractivity contribution in [3.63, 3.8) is 0 Å². The third-order valence-electron chi connectivity index (χ3n) is 6.22. The van der Waals surface area contributed by atoms with Crippen LogP contribution in [0.25, 0.3) is 11.3 Å². The van der Waals surface area contributed by atoms with Crippen molar-refractivity contribution >= 4 is 23.3 Å². The number of carbonyl (C=O) groups excluding carboxylic acids is 1. The van der Waals surface area contributed by atoms with Crippen LogP contribution in [0.4, 0.5) is 5.82 Å². The molecule has 2 aromatic carbocycles. The number of aromatic nitrogens is 3. The molecule has 34 heavy (non-hydrogen) atoms. The van der Waals surface area contributed by atoms with E-state index in [1.165, 1.54) is 0 Å². The Morgan fingerprint density at radius 3 is 2.82 bits per heavy atom. The van der Waals surface area contributed by atoms with Gasteiger partial charge in [-0.3, -0.25) is 9.89 Å². The largest absolute Gasteiger partial charge is 0.493 e. The average Bonchev–Trinajstić information content (AvgIpc) is 3.34. The number of aromatic amines is 1. The zero-order chi connectivity index (χ0) is 23.1. The number of fused-ring (bicyclic) bond motifs is 2. The summed E-state index contributed by atoms with van der Waals surface area (Å²) in [7, 11) is 0. The lowest BCUT2D eigenvalue weighted by Gasteiger charge is -2.25. The van der Waals surface area contributed by atoms with Crippen molar-refractivity contribution in [3.05, 3.63) is 82.6 Å². The summed E-state index contributed by atoms with van der Waals surface area (Å²) in [6.07, 6.45) is 3.49. The zero-order valence-electron chi connectivity index (χ0n) is 18.2. The average molecular weight is 473 g/mol. The maximum atomic E-state index is 11.7. The lowest BCUT2D eigenvalue weighted by molar-refractivity contribution is -0.116. The molecule has 2 aliphatic heterocycles. The minimum absolute atomic E-state index is 0.0212. The molecule has 0 aliphatic carbocycles. The summed E-state index contributed by atoms with van der Waals surface area (Å²) in [5.41, 5.74) is 4.91. The van der Waals surface area contributed by atoms with Crippen molar-refractivity contribution in [2.75, 3.05) is 11.9 Å². The van der Waals surface area contributed by atoms with Crippen LogP contribution in [0.1, 0.15) is 29.2 Å². The van der Waals surface area contributed by atoms with E-state index in [0.717, 1.165) is 46.0 Å². The van der Waals surface area contributed by atoms with E-state index < -0.39 is 0 Å². The molecule has 0 bridgehead atoms. The van der Waals surface area contributed by atoms with Gasteiger partial charge in [-0.2, -0.15) is 5.10 Å². The van der Waals surface area contributed by atoms with Crippen molar-refractivity contribution in [1.82, 2.24) is 15.2 Å². The summed E-state index contributed by atoms with van der Waals surface area (Å²) in [6, 6.07) is 17.4. The monoisotopic (exact) mass is 472 g/mol. The second-order valence-corrected chi connectivity index (χ2v) is 8.92. The number of ether oxygens (including phenoxy) is 2. The highest BCUT2D eigenvalue weighted by atomic mass is 35.5. The second kappa shape index (κ2) is 8.50. The minimum atomic E-state index is -0.0212. The van der Waals surface area contributed by atoms with Gasteiger partial charge in [-0.1, -0.05) is 23.7 Å². The quantitative estimate of drug-likeness (QED) is 0.408. The molecule has 0 saturated heterocycles. The predicted molar refractivity (Wildman–Crippen MR) is 129 cm³/mol. The molecular formula is C26H21ClN4O3. The van der Waals surface area contributed by atoms with Gasteiger partial charge in [0.2, 0.25) is 5.91 Å². The number of anilines is 1. The highest BCUT2D eigenvalue weighted by Crippen LogP contribution is 2.38. The van der Waals surface area contributed by atoms with E-state index >= 15 is 0 Å². The van der Waals surface area contributed by atoms with Crippen LogP contribution in [0.5, 0.6) is 17.2 Å². The van der Waals surface area contributed by atoms with Crippen LogP contribution in [0.15, 0.2) is 60.8 Å². The van der Waals surface area contributed by atoms with Crippen molar-refractivity contribution in [2.24, 2.45) is 0 Å². The van der Waals surface area contributed by atoms with E-state index in [2.05, 4.69) is 26.6 Å². The molecule has 0 radical (unpaired) electrons. The number of carbonyl (C=O) groups is 1. The first-order valence-corrected chi connectivity index (χ1v) is 11.5. The molecule has 2 aliphatic rings. The van der Waals surface area contributed by atoms with Gasteiger partial charge in [0, 0.05) is 40.4 Å². The van der Waals surface area contributed by atoms with Gasteiger partial charge in [-0.25, -0.2) is 4.98 Å². The fourth-order valence-electron chi connectivity index (χ4n) is 4.43. The van der Waals surface area contributed by atoms with Gasteiger partial charge in [-0.05, 0) is 60.9 Å². The Labute approximate surface area is 201 Å². The second-order valence-electron chi connectivity index (χ2n) is 8.48. The number of benzene rings is 2. The summed E-state index contributed by atoms with van der Waals surface area (Å²) < 4.78 is 12.3. The third-order valence-corrected chi connectivity index (χ3v) is 6.47. The Morgan fingerprint density at radius 1 is 1.06 bits per heavy atom. The predicted octanol–water partition coefficient (Wildman–Crippen LogP) is 5.52. The Balaban J connectivity index is 1.22. The van der Waals surface area contributed by atoms with Gasteiger partial charge >= 0.3 is 0 Å². The van der Waals surface area contributed by atoms with Gasteiger partial charge < -0.3 is 14.8 Å². The molecule has 2 aromatic heterocycles. The number of hydrogen-bond donors (Lipinski definition) is 2. The lowest BCUT2D eigenvalue weighted by Crippen LogP contribution is -2.20. The number of halogens is 1. The van der Waals surface area contributed by atoms with Crippen LogP contribution in [-0.4, -0.2) is 27.7 Å². The molecule has 0 saturated carbocycles. The van der Waals surface area contributed by atoms with Crippen LogP contribution in [0, 0.1) is 0 Å². The van der Waals surface area contributed by atoms with E-state index in [9.17, 15) is 4.79 Å². The molecular weight excluding hydrogens is 452 g/mol. The number of rotatable bonds is 4. The van der Waals surface area contributed by atoms with E-state index in [0.29, 0.717) is 36.0 Å². The van der Waals surface area contributed by atoms with Crippen LogP contribution in [0.3, 0.4) is 0 Å². The normalized spacial score (nSPS) is 16.7. The number of hydrogen-bond acceptors (Lipinski definition) is 5. The molecule has 0 spiro atoms. The summed E-state index contributed by atoms with van der Waals surface area (Å²) >= 11 is 6.00. The zero-order valence-corrected chi connectivity index (χ0v) is 18.9. The maximum absolute atomic E-state index is 11.7. The van der Waals surface area contributed by atoms with Crippen molar-refractivity contribution in [1.29, 1.82) is 0 Å².